The second-order valence-corrected chi connectivity index (χ2v) is 3.30. The molecule has 0 aliphatic rings. The molecule has 0 aromatic heterocycles. The average Bonchev–Trinajstić information content (AvgIpc) is 2.20. The molecule has 0 fully saturated rings. The van der Waals surface area contributed by atoms with Crippen molar-refractivity contribution in [2.45, 2.75) is 18.3 Å². The number of aliphatic hydroxyl groups is 1. The van der Waals surface area contributed by atoms with Gasteiger partial charge in [0.1, 0.15) is 5.82 Å². The zero-order valence-electron chi connectivity index (χ0n) is 8.10. The molecule has 0 aliphatic carbocycles. The molecule has 96 valence electrons. The highest BCUT2D eigenvalue weighted by Gasteiger charge is 2.43. The van der Waals surface area contributed by atoms with Gasteiger partial charge in [-0.1, -0.05) is 0 Å². The summed E-state index contributed by atoms with van der Waals surface area (Å²) in [4.78, 5) is 0. The molecule has 0 saturated heterocycles. The Kier molecular flexibility index (Phi) is 3.68. The molecule has 2 nitrogen and oxygen atoms in total. The first-order valence-electron chi connectivity index (χ1n) is 4.29. The minimum Gasteiger partial charge on any atom is -0.382 e. The van der Waals surface area contributed by atoms with Gasteiger partial charge in [-0.05, 0) is 6.07 Å². The lowest BCUT2D eigenvalue weighted by molar-refractivity contribution is -0.210. The van der Waals surface area contributed by atoms with Gasteiger partial charge in [-0.3, -0.25) is 0 Å². The van der Waals surface area contributed by atoms with Crippen molar-refractivity contribution in [3.05, 3.63) is 35.1 Å². The predicted octanol–water partition coefficient (Wildman–Crippen LogP) is 2.03. The number of benzene rings is 1. The van der Waals surface area contributed by atoms with E-state index in [4.69, 9.17) is 10.8 Å². The number of rotatable bonds is 2. The molecule has 17 heavy (non-hydrogen) atoms. The third kappa shape index (κ3) is 2.89. The Bertz CT molecular complexity index is 419. The maximum absolute atomic E-state index is 13.1. The van der Waals surface area contributed by atoms with Gasteiger partial charge in [-0.25, -0.2) is 13.2 Å². The van der Waals surface area contributed by atoms with Gasteiger partial charge in [0, 0.05) is 11.6 Å². The zero-order valence-corrected chi connectivity index (χ0v) is 8.10. The molecule has 0 bridgehead atoms. The topological polar surface area (TPSA) is 46.2 Å². The average molecular weight is 259 g/mol. The molecule has 1 rings (SSSR count). The number of hydrogen-bond acceptors (Lipinski definition) is 2. The summed E-state index contributed by atoms with van der Waals surface area (Å²) in [6.45, 7) is 0. The Morgan fingerprint density at radius 2 is 1.65 bits per heavy atom. The third-order valence-corrected chi connectivity index (χ3v) is 2.06. The summed E-state index contributed by atoms with van der Waals surface area (Å²) >= 11 is 0. The number of hydrogen-bond donors (Lipinski definition) is 2. The number of halogens is 6. The highest BCUT2D eigenvalue weighted by molar-refractivity contribution is 5.24. The lowest BCUT2D eigenvalue weighted by atomic mass is 10.0. The highest BCUT2D eigenvalue weighted by Crippen LogP contribution is 2.30. The van der Waals surface area contributed by atoms with Crippen LogP contribution >= 0.6 is 0 Å². The molecule has 0 spiro atoms. The van der Waals surface area contributed by atoms with Gasteiger partial charge in [0.15, 0.2) is 17.7 Å². The van der Waals surface area contributed by atoms with Crippen molar-refractivity contribution in [3.63, 3.8) is 0 Å². The lowest BCUT2D eigenvalue weighted by Gasteiger charge is -2.22. The summed E-state index contributed by atoms with van der Waals surface area (Å²) in [5.41, 5.74) is 3.84. The van der Waals surface area contributed by atoms with Crippen molar-refractivity contribution in [2.24, 2.45) is 5.73 Å². The van der Waals surface area contributed by atoms with Crippen LogP contribution in [-0.2, 0) is 0 Å². The Morgan fingerprint density at radius 3 is 2.12 bits per heavy atom. The SMILES string of the molecule is N[C@H](c1cc(F)cc(F)c1F)[C@@H](O)C(F)(F)F. The van der Waals surface area contributed by atoms with Gasteiger partial charge in [0.25, 0.3) is 0 Å². The Hall–Kier alpha value is -1.28. The molecule has 2 atom stereocenters. The zero-order chi connectivity index (χ0) is 13.4. The maximum Gasteiger partial charge on any atom is 0.416 e. The third-order valence-electron chi connectivity index (χ3n) is 2.06. The van der Waals surface area contributed by atoms with Crippen molar-refractivity contribution in [3.8, 4) is 0 Å². The van der Waals surface area contributed by atoms with E-state index in [1.54, 1.807) is 0 Å². The fourth-order valence-electron chi connectivity index (χ4n) is 1.19. The second-order valence-electron chi connectivity index (χ2n) is 3.30. The lowest BCUT2D eigenvalue weighted by Crippen LogP contribution is -2.39. The summed E-state index contributed by atoms with van der Waals surface area (Å²) in [6.07, 6.45) is -8.23. The highest BCUT2D eigenvalue weighted by atomic mass is 19.4. The predicted molar refractivity (Wildman–Crippen MR) is 45.3 cm³/mol. The van der Waals surface area contributed by atoms with Crippen molar-refractivity contribution in [1.29, 1.82) is 0 Å². The molecular formula is C9H7F6NO. The summed E-state index contributed by atoms with van der Waals surface area (Å²) < 4.78 is 74.7. The molecule has 0 radical (unpaired) electrons. The van der Waals surface area contributed by atoms with E-state index in [2.05, 4.69) is 0 Å². The van der Waals surface area contributed by atoms with E-state index in [0.717, 1.165) is 0 Å². The molecule has 8 heteroatoms. The standard InChI is InChI=1S/C9H7F6NO/c10-3-1-4(6(12)5(11)2-3)7(16)8(17)9(13,14)15/h1-2,7-8,17H,16H2/t7-,8-/m1/s1. The minimum atomic E-state index is -5.12. The van der Waals surface area contributed by atoms with E-state index in [1.165, 1.54) is 0 Å². The van der Waals surface area contributed by atoms with E-state index >= 15 is 0 Å². The van der Waals surface area contributed by atoms with Gasteiger partial charge in [0.2, 0.25) is 0 Å². The van der Waals surface area contributed by atoms with Crippen LogP contribution in [-0.4, -0.2) is 17.4 Å². The second kappa shape index (κ2) is 4.53. The fourth-order valence-corrected chi connectivity index (χ4v) is 1.19. The quantitative estimate of drug-likeness (QED) is 0.630. The first-order valence-corrected chi connectivity index (χ1v) is 4.29. The number of aliphatic hydroxyl groups excluding tert-OH is 1. The molecule has 3 N–H and O–H groups in total. The number of nitrogens with two attached hydrogens (primary N) is 1. The van der Waals surface area contributed by atoms with Crippen LogP contribution in [0.5, 0.6) is 0 Å². The van der Waals surface area contributed by atoms with E-state index in [1.807, 2.05) is 0 Å². The molecule has 1 aromatic carbocycles. The first kappa shape index (κ1) is 13.8. The Balaban J connectivity index is 3.17. The summed E-state index contributed by atoms with van der Waals surface area (Å²) in [5, 5.41) is 8.75. The van der Waals surface area contributed by atoms with Crippen molar-refractivity contribution >= 4 is 0 Å². The van der Waals surface area contributed by atoms with Gasteiger partial charge in [0.05, 0.1) is 6.04 Å². The normalized spacial score (nSPS) is 15.8. The largest absolute Gasteiger partial charge is 0.416 e. The van der Waals surface area contributed by atoms with Crippen LogP contribution in [0.25, 0.3) is 0 Å². The summed E-state index contributed by atoms with van der Waals surface area (Å²) in [7, 11) is 0. The van der Waals surface area contributed by atoms with Crippen LogP contribution in [0.3, 0.4) is 0 Å². The molecule has 0 amide bonds. The summed E-state index contributed by atoms with van der Waals surface area (Å²) in [6, 6.07) is -1.84. The smallest absolute Gasteiger partial charge is 0.382 e. The van der Waals surface area contributed by atoms with Crippen molar-refractivity contribution in [1.82, 2.24) is 0 Å². The first-order chi connectivity index (χ1) is 7.64. The van der Waals surface area contributed by atoms with E-state index < -0.39 is 41.3 Å². The van der Waals surface area contributed by atoms with Crippen molar-refractivity contribution < 1.29 is 31.4 Å². The van der Waals surface area contributed by atoms with Crippen molar-refractivity contribution in [2.75, 3.05) is 0 Å². The molecule has 0 saturated carbocycles. The molecule has 0 aliphatic heterocycles. The molecule has 0 heterocycles. The minimum absolute atomic E-state index is 0.158. The molecule has 0 unspecified atom stereocenters. The van der Waals surface area contributed by atoms with Crippen LogP contribution in [0.15, 0.2) is 12.1 Å². The van der Waals surface area contributed by atoms with Crippen LogP contribution in [0.2, 0.25) is 0 Å². The van der Waals surface area contributed by atoms with E-state index in [0.29, 0.717) is 6.07 Å². The van der Waals surface area contributed by atoms with Gasteiger partial charge < -0.3 is 10.8 Å². The van der Waals surface area contributed by atoms with Crippen LogP contribution < -0.4 is 5.73 Å². The Labute approximate surface area is 91.7 Å². The molecule has 1 aromatic rings. The van der Waals surface area contributed by atoms with Gasteiger partial charge in [-0.15, -0.1) is 0 Å². The number of alkyl halides is 3. The fraction of sp³-hybridized carbons (Fsp3) is 0.333. The monoisotopic (exact) mass is 259 g/mol. The van der Waals surface area contributed by atoms with Gasteiger partial charge >= 0.3 is 6.18 Å². The van der Waals surface area contributed by atoms with E-state index in [-0.39, 0.29) is 6.07 Å². The van der Waals surface area contributed by atoms with Crippen LogP contribution in [0.4, 0.5) is 26.3 Å². The van der Waals surface area contributed by atoms with Gasteiger partial charge in [-0.2, -0.15) is 13.2 Å². The summed E-state index contributed by atoms with van der Waals surface area (Å²) in [5.74, 6) is -4.68. The maximum atomic E-state index is 13.1. The van der Waals surface area contributed by atoms with Crippen LogP contribution in [0.1, 0.15) is 11.6 Å². The van der Waals surface area contributed by atoms with Crippen LogP contribution in [0, 0.1) is 17.5 Å². The molecular weight excluding hydrogens is 252 g/mol. The Morgan fingerprint density at radius 1 is 1.12 bits per heavy atom. The van der Waals surface area contributed by atoms with E-state index in [9.17, 15) is 26.3 Å².